The lowest BCUT2D eigenvalue weighted by Crippen LogP contribution is -2.47. The molecule has 2 rings (SSSR count). The molecule has 0 aromatic heterocycles. The number of methoxy groups -OCH3 is 1. The van der Waals surface area contributed by atoms with Gasteiger partial charge < -0.3 is 10.5 Å². The van der Waals surface area contributed by atoms with Crippen LogP contribution in [0.3, 0.4) is 0 Å². The Balaban J connectivity index is 1.82. The van der Waals surface area contributed by atoms with Crippen molar-refractivity contribution in [1.29, 1.82) is 0 Å². The van der Waals surface area contributed by atoms with Crippen LogP contribution in [0.4, 0.5) is 0 Å². The summed E-state index contributed by atoms with van der Waals surface area (Å²) in [5.74, 6) is 0. The molecule has 2 heterocycles. The Kier molecular flexibility index (Phi) is 3.42. The molecule has 0 saturated carbocycles. The van der Waals surface area contributed by atoms with E-state index in [1.807, 2.05) is 0 Å². The van der Waals surface area contributed by atoms with E-state index in [2.05, 4.69) is 4.90 Å². The number of ether oxygens (including phenoxy) is 1. The molecule has 2 bridgehead atoms. The van der Waals surface area contributed by atoms with Gasteiger partial charge in [-0.1, -0.05) is 0 Å². The van der Waals surface area contributed by atoms with Crippen LogP contribution in [0.5, 0.6) is 0 Å². The normalized spacial score (nSPS) is 37.7. The predicted octanol–water partition coefficient (Wildman–Crippen LogP) is 0.977. The fraction of sp³-hybridized carbons (Fsp3) is 1.00. The van der Waals surface area contributed by atoms with Gasteiger partial charge in [-0.05, 0) is 32.1 Å². The molecule has 14 heavy (non-hydrogen) atoms. The van der Waals surface area contributed by atoms with Crippen LogP contribution in [0.25, 0.3) is 0 Å². The molecule has 0 radical (unpaired) electrons. The molecule has 2 aliphatic heterocycles. The van der Waals surface area contributed by atoms with E-state index in [-0.39, 0.29) is 0 Å². The molecule has 0 spiro atoms. The van der Waals surface area contributed by atoms with E-state index >= 15 is 0 Å². The third-order valence-electron chi connectivity index (χ3n) is 3.69. The van der Waals surface area contributed by atoms with Gasteiger partial charge in [0.2, 0.25) is 0 Å². The van der Waals surface area contributed by atoms with Crippen molar-refractivity contribution in [2.45, 2.75) is 50.2 Å². The Hall–Kier alpha value is -0.120. The highest BCUT2D eigenvalue weighted by Crippen LogP contribution is 2.34. The molecule has 0 amide bonds. The summed E-state index contributed by atoms with van der Waals surface area (Å²) in [6.45, 7) is 2.10. The average molecular weight is 198 g/mol. The quantitative estimate of drug-likeness (QED) is 0.684. The minimum absolute atomic E-state index is 0.464. The molecule has 2 N–H and O–H groups in total. The zero-order valence-electron chi connectivity index (χ0n) is 9.11. The molecule has 3 nitrogen and oxygen atoms in total. The molecule has 2 atom stereocenters. The fourth-order valence-corrected chi connectivity index (χ4v) is 3.07. The van der Waals surface area contributed by atoms with Crippen molar-refractivity contribution >= 4 is 0 Å². The molecule has 2 unspecified atom stereocenters. The van der Waals surface area contributed by atoms with Gasteiger partial charge in [0.15, 0.2) is 0 Å². The minimum Gasteiger partial charge on any atom is -0.385 e. The van der Waals surface area contributed by atoms with E-state index in [1.54, 1.807) is 7.11 Å². The topological polar surface area (TPSA) is 38.5 Å². The van der Waals surface area contributed by atoms with Crippen LogP contribution in [0, 0.1) is 0 Å². The Morgan fingerprint density at radius 1 is 1.29 bits per heavy atom. The van der Waals surface area contributed by atoms with Crippen LogP contribution in [0.1, 0.15) is 32.1 Å². The molecule has 2 saturated heterocycles. The van der Waals surface area contributed by atoms with E-state index in [0.29, 0.717) is 6.04 Å². The first-order valence-electron chi connectivity index (χ1n) is 5.81. The van der Waals surface area contributed by atoms with Crippen molar-refractivity contribution in [1.82, 2.24) is 4.90 Å². The second kappa shape index (κ2) is 4.60. The maximum absolute atomic E-state index is 6.02. The number of hydrogen-bond acceptors (Lipinski definition) is 3. The van der Waals surface area contributed by atoms with E-state index in [4.69, 9.17) is 10.5 Å². The van der Waals surface area contributed by atoms with E-state index in [9.17, 15) is 0 Å². The lowest BCUT2D eigenvalue weighted by atomic mass is 9.98. The zero-order chi connectivity index (χ0) is 9.97. The molecular formula is C11H22N2O. The van der Waals surface area contributed by atoms with E-state index in [1.165, 1.54) is 38.6 Å². The molecule has 0 aromatic rings. The van der Waals surface area contributed by atoms with Gasteiger partial charge in [0, 0.05) is 38.4 Å². The number of hydrogen-bond donors (Lipinski definition) is 1. The van der Waals surface area contributed by atoms with Gasteiger partial charge in [-0.15, -0.1) is 0 Å². The zero-order valence-corrected chi connectivity index (χ0v) is 9.11. The highest BCUT2D eigenvalue weighted by molar-refractivity contribution is 4.96. The van der Waals surface area contributed by atoms with Crippen LogP contribution in [-0.2, 0) is 4.74 Å². The van der Waals surface area contributed by atoms with Crippen LogP contribution in [0.15, 0.2) is 0 Å². The van der Waals surface area contributed by atoms with Crippen molar-refractivity contribution in [2.24, 2.45) is 5.73 Å². The fourth-order valence-electron chi connectivity index (χ4n) is 3.07. The highest BCUT2D eigenvalue weighted by Gasteiger charge is 2.38. The van der Waals surface area contributed by atoms with Gasteiger partial charge in [-0.3, -0.25) is 4.90 Å². The molecule has 0 aromatic carbocycles. The van der Waals surface area contributed by atoms with Crippen molar-refractivity contribution in [3.8, 4) is 0 Å². The van der Waals surface area contributed by atoms with Crippen molar-refractivity contribution in [3.63, 3.8) is 0 Å². The van der Waals surface area contributed by atoms with E-state index in [0.717, 1.165) is 18.7 Å². The molecule has 2 fully saturated rings. The Morgan fingerprint density at radius 2 is 1.93 bits per heavy atom. The maximum Gasteiger partial charge on any atom is 0.0474 e. The summed E-state index contributed by atoms with van der Waals surface area (Å²) < 4.78 is 5.09. The van der Waals surface area contributed by atoms with Crippen LogP contribution in [0.2, 0.25) is 0 Å². The monoisotopic (exact) mass is 198 g/mol. The van der Waals surface area contributed by atoms with Gasteiger partial charge in [0.05, 0.1) is 0 Å². The van der Waals surface area contributed by atoms with Gasteiger partial charge in [-0.2, -0.15) is 0 Å². The molecular weight excluding hydrogens is 176 g/mol. The number of piperidine rings is 1. The van der Waals surface area contributed by atoms with Gasteiger partial charge in [-0.25, -0.2) is 0 Å². The summed E-state index contributed by atoms with van der Waals surface area (Å²) in [5, 5.41) is 0. The van der Waals surface area contributed by atoms with Crippen molar-refractivity contribution in [2.75, 3.05) is 20.3 Å². The number of nitrogens with two attached hydrogens (primary N) is 1. The molecule has 3 heteroatoms. The van der Waals surface area contributed by atoms with Crippen molar-refractivity contribution < 1.29 is 4.74 Å². The van der Waals surface area contributed by atoms with Gasteiger partial charge >= 0.3 is 0 Å². The number of rotatable bonds is 4. The van der Waals surface area contributed by atoms with Crippen LogP contribution < -0.4 is 5.73 Å². The maximum atomic E-state index is 6.02. The third-order valence-corrected chi connectivity index (χ3v) is 3.69. The second-order valence-corrected chi connectivity index (χ2v) is 4.70. The SMILES string of the molecule is COCCCN1C2CCC1CC(N)C2. The molecule has 2 aliphatic rings. The largest absolute Gasteiger partial charge is 0.385 e. The first-order chi connectivity index (χ1) is 6.81. The van der Waals surface area contributed by atoms with Crippen LogP contribution >= 0.6 is 0 Å². The number of nitrogens with zero attached hydrogens (tertiary/aromatic N) is 1. The Morgan fingerprint density at radius 3 is 2.50 bits per heavy atom. The van der Waals surface area contributed by atoms with Crippen molar-refractivity contribution in [3.05, 3.63) is 0 Å². The standard InChI is InChI=1S/C11H22N2O/c1-14-6-2-5-13-10-3-4-11(13)8-9(12)7-10/h9-11H,2-8,12H2,1H3. The molecule has 82 valence electrons. The molecule has 0 aliphatic carbocycles. The Bertz CT molecular complexity index is 172. The highest BCUT2D eigenvalue weighted by atomic mass is 16.5. The summed E-state index contributed by atoms with van der Waals surface area (Å²) in [5.41, 5.74) is 6.02. The number of fused-ring (bicyclic) bond motifs is 2. The van der Waals surface area contributed by atoms with Crippen LogP contribution in [-0.4, -0.2) is 43.3 Å². The summed E-state index contributed by atoms with van der Waals surface area (Å²) in [6, 6.07) is 2.02. The van der Waals surface area contributed by atoms with E-state index < -0.39 is 0 Å². The average Bonchev–Trinajstić information content (AvgIpc) is 2.42. The van der Waals surface area contributed by atoms with Gasteiger partial charge in [0.25, 0.3) is 0 Å². The second-order valence-electron chi connectivity index (χ2n) is 4.70. The third kappa shape index (κ3) is 2.10. The lowest BCUT2D eigenvalue weighted by Gasteiger charge is -2.37. The minimum atomic E-state index is 0.464. The summed E-state index contributed by atoms with van der Waals surface area (Å²) in [6.07, 6.45) is 6.32. The summed E-state index contributed by atoms with van der Waals surface area (Å²) >= 11 is 0. The summed E-state index contributed by atoms with van der Waals surface area (Å²) in [7, 11) is 1.78. The predicted molar refractivity (Wildman–Crippen MR) is 57.2 cm³/mol. The Labute approximate surface area is 86.6 Å². The first kappa shape index (κ1) is 10.4. The van der Waals surface area contributed by atoms with Gasteiger partial charge in [0.1, 0.15) is 0 Å². The first-order valence-corrected chi connectivity index (χ1v) is 5.81. The summed E-state index contributed by atoms with van der Waals surface area (Å²) in [4.78, 5) is 2.67. The smallest absolute Gasteiger partial charge is 0.0474 e. The lowest BCUT2D eigenvalue weighted by molar-refractivity contribution is 0.108.